The summed E-state index contributed by atoms with van der Waals surface area (Å²) in [6.07, 6.45) is 1.00. The van der Waals surface area contributed by atoms with Crippen LogP contribution in [0, 0.1) is 5.92 Å². The molecule has 1 aliphatic rings. The number of nitrogens with zero attached hydrogens (tertiary/aromatic N) is 1. The first-order chi connectivity index (χ1) is 20.1. The zero-order chi connectivity index (χ0) is 30.1. The van der Waals surface area contributed by atoms with E-state index >= 15 is 0 Å². The van der Waals surface area contributed by atoms with Gasteiger partial charge in [0.2, 0.25) is 5.91 Å². The molecule has 2 amide bonds. The number of thiophene rings is 1. The summed E-state index contributed by atoms with van der Waals surface area (Å²) in [4.78, 5) is 36.1. The minimum Gasteiger partial charge on any atom is -0.366 e. The Hall–Kier alpha value is -3.83. The fourth-order valence-corrected chi connectivity index (χ4v) is 7.43. The molecule has 1 aliphatic heterocycles. The van der Waals surface area contributed by atoms with Gasteiger partial charge in [0.15, 0.2) is 5.78 Å². The highest BCUT2D eigenvalue weighted by Gasteiger charge is 2.33. The van der Waals surface area contributed by atoms with E-state index in [1.165, 1.54) is 4.31 Å². The van der Waals surface area contributed by atoms with Crippen LogP contribution >= 0.6 is 22.9 Å². The highest BCUT2D eigenvalue weighted by atomic mass is 35.5. The maximum Gasteiger partial charge on any atom is 0.252 e. The molecule has 0 bridgehead atoms. The van der Waals surface area contributed by atoms with Gasteiger partial charge < -0.3 is 11.1 Å². The number of ketones is 1. The molecule has 4 aromatic rings. The van der Waals surface area contributed by atoms with Gasteiger partial charge in [-0.25, -0.2) is 8.42 Å². The number of nitrogens with one attached hydrogen (secondary N) is 1. The number of piperidine rings is 1. The van der Waals surface area contributed by atoms with Gasteiger partial charge in [0, 0.05) is 45.6 Å². The Morgan fingerprint density at radius 2 is 1.38 bits per heavy atom. The number of hydrogen-bond donors (Lipinski definition) is 2. The van der Waals surface area contributed by atoms with Gasteiger partial charge in [0.1, 0.15) is 4.21 Å². The molecule has 8 nitrogen and oxygen atoms in total. The third-order valence-electron chi connectivity index (χ3n) is 6.70. The molecule has 3 N–H and O–H groups in total. The highest BCUT2D eigenvalue weighted by Crippen LogP contribution is 2.29. The number of nitrogens with two attached hydrogens (primary N) is 1. The molecule has 1 aromatic heterocycles. The number of halogens is 1. The molecule has 0 unspecified atom stereocenters. The molecule has 1 saturated heterocycles. The van der Waals surface area contributed by atoms with Crippen LogP contribution in [0.3, 0.4) is 0 Å². The summed E-state index contributed by atoms with van der Waals surface area (Å²) in [7, 11) is -3.64. The Morgan fingerprint density at radius 1 is 0.810 bits per heavy atom. The van der Waals surface area contributed by atoms with Gasteiger partial charge in [0.25, 0.3) is 15.9 Å². The van der Waals surface area contributed by atoms with Gasteiger partial charge in [-0.1, -0.05) is 60.1 Å². The summed E-state index contributed by atoms with van der Waals surface area (Å²) in [5.41, 5.74) is 6.68. The lowest BCUT2D eigenvalue weighted by Crippen LogP contribution is -2.40. The van der Waals surface area contributed by atoms with Gasteiger partial charge in [0.05, 0.1) is 6.54 Å². The zero-order valence-electron chi connectivity index (χ0n) is 22.6. The van der Waals surface area contributed by atoms with E-state index in [0.717, 1.165) is 16.2 Å². The lowest BCUT2D eigenvalue weighted by atomic mass is 9.90. The van der Waals surface area contributed by atoms with Crippen molar-refractivity contribution in [2.45, 2.75) is 23.6 Å². The van der Waals surface area contributed by atoms with Crippen LogP contribution in [0.5, 0.6) is 0 Å². The Morgan fingerprint density at radius 3 is 1.93 bits per heavy atom. The van der Waals surface area contributed by atoms with Crippen LogP contribution in [0.4, 0.5) is 0 Å². The first kappa shape index (κ1) is 31.1. The molecule has 0 spiro atoms. The number of primary amides is 1. The Balaban J connectivity index is 0.000000385. The molecule has 3 aromatic carbocycles. The van der Waals surface area contributed by atoms with Crippen molar-refractivity contribution >= 4 is 50.6 Å². The van der Waals surface area contributed by atoms with Crippen LogP contribution in [0.15, 0.2) is 101 Å². The molecule has 5 rings (SSSR count). The predicted octanol–water partition coefficient (Wildman–Crippen LogP) is 5.40. The summed E-state index contributed by atoms with van der Waals surface area (Å²) in [6.45, 7) is 0.855. The summed E-state index contributed by atoms with van der Waals surface area (Å²) in [5, 5.41) is 3.34. The van der Waals surface area contributed by atoms with E-state index in [4.69, 9.17) is 17.3 Å². The third-order valence-corrected chi connectivity index (χ3v) is 10.4. The smallest absolute Gasteiger partial charge is 0.252 e. The van der Waals surface area contributed by atoms with E-state index < -0.39 is 10.0 Å². The summed E-state index contributed by atoms with van der Waals surface area (Å²) < 4.78 is 27.9. The molecular formula is C31H30ClN3O5S2. The molecule has 1 fully saturated rings. The van der Waals surface area contributed by atoms with E-state index in [-0.39, 0.29) is 34.3 Å². The van der Waals surface area contributed by atoms with Crippen molar-refractivity contribution in [2.75, 3.05) is 13.1 Å². The molecule has 0 saturated carbocycles. The maximum atomic E-state index is 13.1. The predicted molar refractivity (Wildman–Crippen MR) is 164 cm³/mol. The SMILES string of the molecule is NC(=O)c1ccccc1.O=C(NCc1ccc(S(=O)(=O)N2CCC(C(=O)c3ccccc3)CC2)s1)c1ccc(Cl)cc1. The molecule has 42 heavy (non-hydrogen) atoms. The van der Waals surface area contributed by atoms with Crippen LogP contribution in [0.25, 0.3) is 0 Å². The fourth-order valence-electron chi connectivity index (χ4n) is 4.39. The maximum absolute atomic E-state index is 13.1. The number of hydrogen-bond acceptors (Lipinski definition) is 6. The van der Waals surface area contributed by atoms with Crippen molar-refractivity contribution in [3.63, 3.8) is 0 Å². The normalized spacial score (nSPS) is 13.9. The number of amides is 2. The van der Waals surface area contributed by atoms with E-state index in [1.807, 2.05) is 24.3 Å². The van der Waals surface area contributed by atoms with Crippen molar-refractivity contribution in [2.24, 2.45) is 11.7 Å². The second-order valence-electron chi connectivity index (χ2n) is 9.55. The van der Waals surface area contributed by atoms with Crippen LogP contribution in [0.1, 0.15) is 48.8 Å². The zero-order valence-corrected chi connectivity index (χ0v) is 25.0. The fraction of sp³-hybridized carbons (Fsp3) is 0.194. The van der Waals surface area contributed by atoms with Crippen LogP contribution < -0.4 is 11.1 Å². The molecule has 2 heterocycles. The van der Waals surface area contributed by atoms with Crippen LogP contribution in [0.2, 0.25) is 5.02 Å². The van der Waals surface area contributed by atoms with E-state index in [0.29, 0.717) is 47.6 Å². The number of sulfonamides is 1. The van der Waals surface area contributed by atoms with Crippen LogP contribution in [-0.2, 0) is 16.6 Å². The summed E-state index contributed by atoms with van der Waals surface area (Å²) in [6, 6.07) is 27.7. The van der Waals surface area contributed by atoms with E-state index in [1.54, 1.807) is 72.8 Å². The first-order valence-electron chi connectivity index (χ1n) is 13.2. The van der Waals surface area contributed by atoms with Gasteiger partial charge in [-0.2, -0.15) is 4.31 Å². The van der Waals surface area contributed by atoms with Crippen LogP contribution in [-0.4, -0.2) is 43.4 Å². The second-order valence-corrected chi connectivity index (χ2v) is 13.3. The monoisotopic (exact) mass is 623 g/mol. The van der Waals surface area contributed by atoms with E-state index in [2.05, 4.69) is 5.32 Å². The first-order valence-corrected chi connectivity index (χ1v) is 15.9. The minimum atomic E-state index is -3.64. The highest BCUT2D eigenvalue weighted by molar-refractivity contribution is 7.91. The van der Waals surface area contributed by atoms with Crippen molar-refractivity contribution in [1.29, 1.82) is 0 Å². The molecule has 11 heteroatoms. The minimum absolute atomic E-state index is 0.0717. The quantitative estimate of drug-likeness (QED) is 0.254. The summed E-state index contributed by atoms with van der Waals surface area (Å²) >= 11 is 6.99. The van der Waals surface area contributed by atoms with Crippen molar-refractivity contribution in [3.8, 4) is 0 Å². The largest absolute Gasteiger partial charge is 0.366 e. The Kier molecular flexibility index (Phi) is 10.6. The van der Waals surface area contributed by atoms with Gasteiger partial charge >= 0.3 is 0 Å². The van der Waals surface area contributed by atoms with Gasteiger partial charge in [-0.15, -0.1) is 11.3 Å². The van der Waals surface area contributed by atoms with E-state index in [9.17, 15) is 22.8 Å². The van der Waals surface area contributed by atoms with Gasteiger partial charge in [-0.05, 0) is 61.4 Å². The van der Waals surface area contributed by atoms with Crippen molar-refractivity contribution in [3.05, 3.63) is 124 Å². The number of rotatable bonds is 8. The number of benzene rings is 3. The molecular weight excluding hydrogens is 594 g/mol. The van der Waals surface area contributed by atoms with Crippen molar-refractivity contribution < 1.29 is 22.8 Å². The molecule has 218 valence electrons. The number of carbonyl (C=O) groups excluding carboxylic acids is 3. The number of carbonyl (C=O) groups is 3. The molecule has 0 aliphatic carbocycles. The summed E-state index contributed by atoms with van der Waals surface area (Å²) in [5.74, 6) is -0.728. The second kappa shape index (κ2) is 14.4. The van der Waals surface area contributed by atoms with Crippen molar-refractivity contribution in [1.82, 2.24) is 9.62 Å². The Labute approximate surface area is 254 Å². The average molecular weight is 624 g/mol. The lowest BCUT2D eigenvalue weighted by molar-refractivity contribution is 0.0874. The standard InChI is InChI=1S/C24H23ClN2O4S2.C7H7NO/c25-20-8-6-19(7-9-20)24(29)26-16-21-10-11-22(32-21)33(30,31)27-14-12-18(13-15-27)23(28)17-4-2-1-3-5-17;8-7(9)6-4-2-1-3-5-6/h1-11,18H,12-16H2,(H,26,29);1-5H,(H2,8,9). The number of Topliss-reactive ketones (excluding diaryl/α,β-unsaturated/α-hetero) is 1. The Bertz CT molecular complexity index is 1620. The average Bonchev–Trinajstić information content (AvgIpc) is 3.51. The third kappa shape index (κ3) is 8.13. The molecule has 0 radical (unpaired) electrons. The van der Waals surface area contributed by atoms with Gasteiger partial charge in [-0.3, -0.25) is 14.4 Å². The molecule has 0 atom stereocenters. The lowest BCUT2D eigenvalue weighted by Gasteiger charge is -2.30. The topological polar surface area (TPSA) is 127 Å².